The van der Waals surface area contributed by atoms with Crippen molar-refractivity contribution in [2.45, 2.75) is 39.2 Å². The van der Waals surface area contributed by atoms with Crippen molar-refractivity contribution in [3.05, 3.63) is 6.92 Å². The Bertz CT molecular complexity index is 61.5. The van der Waals surface area contributed by atoms with Gasteiger partial charge in [-0.2, -0.15) is 0 Å². The quantitative estimate of drug-likeness (QED) is 0.532. The first-order valence-corrected chi connectivity index (χ1v) is 3.49. The van der Waals surface area contributed by atoms with Crippen LogP contribution in [0.3, 0.4) is 0 Å². The topological polar surface area (TPSA) is 9.23 Å². The monoisotopic (exact) mass is 129 g/mol. The lowest BCUT2D eigenvalue weighted by molar-refractivity contribution is -0.00367. The highest BCUT2D eigenvalue weighted by Gasteiger charge is 2.07. The predicted octanol–water partition coefficient (Wildman–Crippen LogP) is 2.42. The van der Waals surface area contributed by atoms with Crippen LogP contribution < -0.4 is 0 Å². The third kappa shape index (κ3) is 7.96. The Morgan fingerprint density at radius 3 is 2.22 bits per heavy atom. The normalized spacial score (nSPS) is 12.0. The molecule has 0 rings (SSSR count). The second-order valence-electron chi connectivity index (χ2n) is 3.17. The molecule has 0 aromatic heterocycles. The highest BCUT2D eigenvalue weighted by Crippen LogP contribution is 2.06. The summed E-state index contributed by atoms with van der Waals surface area (Å²) in [4.78, 5) is 0. The van der Waals surface area contributed by atoms with Crippen molar-refractivity contribution >= 4 is 0 Å². The van der Waals surface area contributed by atoms with Gasteiger partial charge in [-0.15, -0.1) is 0 Å². The summed E-state index contributed by atoms with van der Waals surface area (Å²) in [6.07, 6.45) is 2.04. The number of unbranched alkanes of at least 4 members (excludes halogenated alkanes) is 1. The van der Waals surface area contributed by atoms with Crippen molar-refractivity contribution in [1.82, 2.24) is 0 Å². The molecular weight excluding hydrogens is 112 g/mol. The van der Waals surface area contributed by atoms with E-state index in [0.717, 1.165) is 19.4 Å². The van der Waals surface area contributed by atoms with E-state index in [-0.39, 0.29) is 5.60 Å². The van der Waals surface area contributed by atoms with Gasteiger partial charge in [0.15, 0.2) is 0 Å². The van der Waals surface area contributed by atoms with Crippen molar-refractivity contribution in [1.29, 1.82) is 0 Å². The van der Waals surface area contributed by atoms with Gasteiger partial charge in [-0.05, 0) is 27.2 Å². The summed E-state index contributed by atoms with van der Waals surface area (Å²) in [5.74, 6) is 0. The van der Waals surface area contributed by atoms with E-state index >= 15 is 0 Å². The van der Waals surface area contributed by atoms with Crippen LogP contribution in [-0.4, -0.2) is 12.2 Å². The molecule has 0 aliphatic carbocycles. The summed E-state index contributed by atoms with van der Waals surface area (Å²) < 4.78 is 5.43. The number of rotatable bonds is 3. The standard InChI is InChI=1S/C8H17O/c1-5-6-7-9-8(2,3)4/h1,5-7H2,2-4H3. The number of hydrogen-bond acceptors (Lipinski definition) is 1. The average molecular weight is 129 g/mol. The molecule has 0 saturated heterocycles. The minimum Gasteiger partial charge on any atom is -0.376 e. The fourth-order valence-corrected chi connectivity index (χ4v) is 0.480. The molecule has 55 valence electrons. The van der Waals surface area contributed by atoms with Crippen molar-refractivity contribution in [3.8, 4) is 0 Å². The van der Waals surface area contributed by atoms with Gasteiger partial charge in [-0.1, -0.05) is 13.3 Å². The Morgan fingerprint density at radius 1 is 1.33 bits per heavy atom. The van der Waals surface area contributed by atoms with Crippen LogP contribution in [0.5, 0.6) is 0 Å². The van der Waals surface area contributed by atoms with E-state index in [2.05, 4.69) is 27.7 Å². The zero-order valence-electron chi connectivity index (χ0n) is 6.74. The van der Waals surface area contributed by atoms with Crippen LogP contribution >= 0.6 is 0 Å². The largest absolute Gasteiger partial charge is 0.376 e. The molecule has 1 radical (unpaired) electrons. The van der Waals surface area contributed by atoms with Crippen LogP contribution in [-0.2, 0) is 4.74 Å². The second-order valence-corrected chi connectivity index (χ2v) is 3.17. The Morgan fingerprint density at radius 2 is 1.89 bits per heavy atom. The van der Waals surface area contributed by atoms with Gasteiger partial charge in [0.1, 0.15) is 0 Å². The Hall–Kier alpha value is -0.0400. The first-order chi connectivity index (χ1) is 4.06. The predicted molar refractivity (Wildman–Crippen MR) is 40.3 cm³/mol. The highest BCUT2D eigenvalue weighted by molar-refractivity contribution is 4.58. The minimum absolute atomic E-state index is 0.0230. The second kappa shape index (κ2) is 3.89. The van der Waals surface area contributed by atoms with Crippen molar-refractivity contribution in [2.24, 2.45) is 0 Å². The van der Waals surface area contributed by atoms with E-state index < -0.39 is 0 Å². The summed E-state index contributed by atoms with van der Waals surface area (Å²) >= 11 is 0. The van der Waals surface area contributed by atoms with E-state index in [1.54, 1.807) is 0 Å². The van der Waals surface area contributed by atoms with E-state index in [9.17, 15) is 0 Å². The zero-order chi connectivity index (χ0) is 7.33. The Labute approximate surface area is 58.4 Å². The Balaban J connectivity index is 3.07. The molecule has 0 aromatic rings. The molecule has 0 N–H and O–H groups in total. The van der Waals surface area contributed by atoms with Crippen LogP contribution in [0.15, 0.2) is 0 Å². The lowest BCUT2D eigenvalue weighted by Crippen LogP contribution is -2.19. The molecular formula is C8H17O. The van der Waals surface area contributed by atoms with Gasteiger partial charge in [0, 0.05) is 6.61 Å². The molecule has 0 spiro atoms. The zero-order valence-corrected chi connectivity index (χ0v) is 6.74. The fourth-order valence-electron chi connectivity index (χ4n) is 0.480. The van der Waals surface area contributed by atoms with Gasteiger partial charge in [0.25, 0.3) is 0 Å². The molecule has 0 saturated carbocycles. The van der Waals surface area contributed by atoms with Crippen LogP contribution in [0.4, 0.5) is 0 Å². The first kappa shape index (κ1) is 8.96. The van der Waals surface area contributed by atoms with E-state index in [0.29, 0.717) is 0 Å². The van der Waals surface area contributed by atoms with Gasteiger partial charge in [-0.25, -0.2) is 0 Å². The molecule has 1 heteroatoms. The lowest BCUT2D eigenvalue weighted by atomic mass is 10.2. The maximum Gasteiger partial charge on any atom is 0.0598 e. The molecule has 0 aromatic carbocycles. The average Bonchev–Trinajstić information content (AvgIpc) is 1.63. The first-order valence-electron chi connectivity index (χ1n) is 3.49. The maximum absolute atomic E-state index is 5.43. The molecule has 9 heavy (non-hydrogen) atoms. The summed E-state index contributed by atoms with van der Waals surface area (Å²) in [5.41, 5.74) is 0.0230. The van der Waals surface area contributed by atoms with Gasteiger partial charge in [-0.3, -0.25) is 0 Å². The number of ether oxygens (including phenoxy) is 1. The van der Waals surface area contributed by atoms with E-state index in [1.807, 2.05) is 0 Å². The molecule has 1 nitrogen and oxygen atoms in total. The molecule has 0 fully saturated rings. The highest BCUT2D eigenvalue weighted by atomic mass is 16.5. The number of hydrogen-bond donors (Lipinski definition) is 0. The molecule has 0 heterocycles. The SMILES string of the molecule is [CH2]CCCOC(C)(C)C. The Kier molecular flexibility index (Phi) is 3.87. The van der Waals surface area contributed by atoms with E-state index in [1.165, 1.54) is 0 Å². The summed E-state index contributed by atoms with van der Waals surface area (Å²) in [7, 11) is 0. The van der Waals surface area contributed by atoms with Gasteiger partial charge >= 0.3 is 0 Å². The summed E-state index contributed by atoms with van der Waals surface area (Å²) in [6, 6.07) is 0. The van der Waals surface area contributed by atoms with Gasteiger partial charge in [0.05, 0.1) is 5.60 Å². The smallest absolute Gasteiger partial charge is 0.0598 e. The third-order valence-corrected chi connectivity index (χ3v) is 0.929. The maximum atomic E-state index is 5.43. The third-order valence-electron chi connectivity index (χ3n) is 0.929. The van der Waals surface area contributed by atoms with Crippen LogP contribution in [0.1, 0.15) is 33.6 Å². The minimum atomic E-state index is 0.0230. The van der Waals surface area contributed by atoms with Gasteiger partial charge < -0.3 is 4.74 Å². The van der Waals surface area contributed by atoms with Crippen molar-refractivity contribution in [3.63, 3.8) is 0 Å². The molecule has 0 atom stereocenters. The lowest BCUT2D eigenvalue weighted by Gasteiger charge is -2.18. The molecule has 0 aliphatic rings. The van der Waals surface area contributed by atoms with Gasteiger partial charge in [0.2, 0.25) is 0 Å². The molecule has 0 amide bonds. The van der Waals surface area contributed by atoms with Crippen LogP contribution in [0.2, 0.25) is 0 Å². The molecule has 0 aliphatic heterocycles. The van der Waals surface area contributed by atoms with E-state index in [4.69, 9.17) is 4.74 Å². The van der Waals surface area contributed by atoms with Crippen LogP contribution in [0, 0.1) is 6.92 Å². The summed E-state index contributed by atoms with van der Waals surface area (Å²) in [5, 5.41) is 0. The van der Waals surface area contributed by atoms with Crippen LogP contribution in [0.25, 0.3) is 0 Å². The summed E-state index contributed by atoms with van der Waals surface area (Å²) in [6.45, 7) is 10.8. The fraction of sp³-hybridized carbons (Fsp3) is 0.875. The molecule has 0 bridgehead atoms. The molecule has 0 unspecified atom stereocenters. The van der Waals surface area contributed by atoms with Crippen molar-refractivity contribution < 1.29 is 4.74 Å². The van der Waals surface area contributed by atoms with Crippen molar-refractivity contribution in [2.75, 3.05) is 6.61 Å².